The highest BCUT2D eigenvalue weighted by molar-refractivity contribution is 7.90. The summed E-state index contributed by atoms with van der Waals surface area (Å²) in [4.78, 5) is 23.8. The predicted molar refractivity (Wildman–Crippen MR) is 135 cm³/mol. The van der Waals surface area contributed by atoms with Crippen LogP contribution in [0.3, 0.4) is 0 Å². The first-order valence-corrected chi connectivity index (χ1v) is 14.4. The van der Waals surface area contributed by atoms with Crippen molar-refractivity contribution in [1.29, 1.82) is 0 Å². The van der Waals surface area contributed by atoms with E-state index in [4.69, 9.17) is 0 Å². The van der Waals surface area contributed by atoms with Crippen molar-refractivity contribution in [1.82, 2.24) is 14.9 Å². The van der Waals surface area contributed by atoms with Gasteiger partial charge in [0, 0.05) is 29.9 Å². The number of sulfone groups is 1. The molecule has 1 aliphatic heterocycles. The van der Waals surface area contributed by atoms with Gasteiger partial charge < -0.3 is 5.32 Å². The molecule has 38 heavy (non-hydrogen) atoms. The van der Waals surface area contributed by atoms with Crippen LogP contribution in [0.2, 0.25) is 0 Å². The molecule has 3 aromatic rings. The fourth-order valence-corrected chi connectivity index (χ4v) is 6.16. The second kappa shape index (κ2) is 10.3. The molecule has 1 aliphatic rings. The van der Waals surface area contributed by atoms with Crippen LogP contribution in [0.1, 0.15) is 53.0 Å². The van der Waals surface area contributed by atoms with E-state index in [9.17, 15) is 30.8 Å². The largest absolute Gasteiger partial charge is 0.433 e. The zero-order chi connectivity index (χ0) is 28.0. The number of nitrogens with zero attached hydrogens (tertiary/aromatic N) is 3. The molecule has 0 radical (unpaired) electrons. The molecule has 13 heteroatoms. The molecular weight excluding hydrogens is 544 g/mol. The van der Waals surface area contributed by atoms with Crippen molar-refractivity contribution in [2.24, 2.45) is 5.92 Å². The van der Waals surface area contributed by atoms with Gasteiger partial charge in [0.2, 0.25) is 5.91 Å². The lowest BCUT2D eigenvalue weighted by molar-refractivity contribution is -0.141. The highest BCUT2D eigenvalue weighted by Crippen LogP contribution is 2.43. The maximum absolute atomic E-state index is 14.4. The number of pyridine rings is 1. The van der Waals surface area contributed by atoms with Gasteiger partial charge in [0.25, 0.3) is 0 Å². The van der Waals surface area contributed by atoms with Crippen LogP contribution in [0.25, 0.3) is 0 Å². The van der Waals surface area contributed by atoms with Crippen LogP contribution < -0.4 is 5.32 Å². The minimum Gasteiger partial charge on any atom is -0.302 e. The molecule has 7 nitrogen and oxygen atoms in total. The van der Waals surface area contributed by atoms with E-state index in [2.05, 4.69) is 20.2 Å². The summed E-state index contributed by atoms with van der Waals surface area (Å²) in [5.74, 6) is -1.15. The fraction of sp³-hybridized carbons (Fsp3) is 0.400. The van der Waals surface area contributed by atoms with Crippen LogP contribution in [0, 0.1) is 18.7 Å². The van der Waals surface area contributed by atoms with Gasteiger partial charge in [0.05, 0.1) is 23.1 Å². The Bertz CT molecular complexity index is 1490. The summed E-state index contributed by atoms with van der Waals surface area (Å²) in [6.07, 6.45) is -3.82. The van der Waals surface area contributed by atoms with Crippen LogP contribution in [-0.4, -0.2) is 35.4 Å². The number of rotatable bonds is 7. The van der Waals surface area contributed by atoms with Gasteiger partial charge in [-0.05, 0) is 42.2 Å². The van der Waals surface area contributed by atoms with Crippen LogP contribution in [0.15, 0.2) is 35.2 Å². The number of hydrogen-bond donors (Lipinski definition) is 1. The minimum atomic E-state index is -4.50. The summed E-state index contributed by atoms with van der Waals surface area (Å²) >= 11 is 1.29. The summed E-state index contributed by atoms with van der Waals surface area (Å²) in [5, 5.41) is 3.06. The summed E-state index contributed by atoms with van der Waals surface area (Å²) < 4.78 is 76.5. The highest BCUT2D eigenvalue weighted by atomic mass is 32.2. The van der Waals surface area contributed by atoms with Crippen LogP contribution >= 0.6 is 11.3 Å². The van der Waals surface area contributed by atoms with E-state index in [1.807, 2.05) is 13.8 Å². The molecule has 0 fully saturated rings. The Labute approximate surface area is 221 Å². The van der Waals surface area contributed by atoms with Crippen LogP contribution in [0.4, 0.5) is 22.7 Å². The Morgan fingerprint density at radius 1 is 1.18 bits per heavy atom. The Hall–Kier alpha value is -2.90. The van der Waals surface area contributed by atoms with Gasteiger partial charge in [-0.2, -0.15) is 13.2 Å². The number of alkyl halides is 3. The molecule has 1 N–H and O–H groups in total. The molecule has 0 saturated carbocycles. The number of fused-ring (bicyclic) bond motifs is 1. The van der Waals surface area contributed by atoms with E-state index in [-0.39, 0.29) is 28.8 Å². The monoisotopic (exact) mass is 570 g/mol. The summed E-state index contributed by atoms with van der Waals surface area (Å²) in [6.45, 7) is 6.50. The SMILES string of the molecule is Cc1nc(C(F)(F)F)ccc1CN1Cc2sc(NC(=O)Cc3ccc(S(C)(=O)=O)cc3F)nc2C1C(C)C. The summed E-state index contributed by atoms with van der Waals surface area (Å²) in [5.41, 5.74) is 0.937. The van der Waals surface area contributed by atoms with E-state index >= 15 is 0 Å². The average molecular weight is 571 g/mol. The number of halogens is 4. The van der Waals surface area contributed by atoms with Crippen molar-refractivity contribution in [3.8, 4) is 0 Å². The number of thiazole rings is 1. The molecule has 1 atom stereocenters. The zero-order valence-electron chi connectivity index (χ0n) is 21.1. The molecule has 204 valence electrons. The molecular formula is C25H26F4N4O3S2. The van der Waals surface area contributed by atoms with Crippen molar-refractivity contribution in [3.05, 3.63) is 69.2 Å². The number of carbonyl (C=O) groups excluding carboxylic acids is 1. The van der Waals surface area contributed by atoms with E-state index in [0.717, 1.165) is 29.0 Å². The third kappa shape index (κ3) is 6.05. The second-order valence-electron chi connectivity index (χ2n) is 9.61. The quantitative estimate of drug-likeness (QED) is 0.388. The molecule has 0 aliphatic carbocycles. The number of nitrogens with one attached hydrogen (secondary N) is 1. The van der Waals surface area contributed by atoms with E-state index < -0.39 is 33.4 Å². The number of hydrogen-bond acceptors (Lipinski definition) is 7. The number of aromatic nitrogens is 2. The molecule has 0 saturated heterocycles. The lowest BCUT2D eigenvalue weighted by Crippen LogP contribution is -2.27. The first kappa shape index (κ1) is 28.1. The van der Waals surface area contributed by atoms with Gasteiger partial charge >= 0.3 is 6.18 Å². The second-order valence-corrected chi connectivity index (χ2v) is 12.7. The van der Waals surface area contributed by atoms with Gasteiger partial charge in [0.1, 0.15) is 11.5 Å². The van der Waals surface area contributed by atoms with E-state index in [1.54, 1.807) is 6.92 Å². The maximum atomic E-state index is 14.4. The summed E-state index contributed by atoms with van der Waals surface area (Å²) in [7, 11) is -3.57. The number of carbonyl (C=O) groups is 1. The first-order valence-electron chi connectivity index (χ1n) is 11.7. The first-order chi connectivity index (χ1) is 17.6. The third-order valence-corrected chi connectivity index (χ3v) is 8.37. The minimum absolute atomic E-state index is 0.0609. The Morgan fingerprint density at radius 3 is 2.45 bits per heavy atom. The third-order valence-electron chi connectivity index (χ3n) is 6.29. The molecule has 2 aromatic heterocycles. The predicted octanol–water partition coefficient (Wildman–Crippen LogP) is 5.30. The van der Waals surface area contributed by atoms with Gasteiger partial charge in [-0.1, -0.05) is 26.0 Å². The summed E-state index contributed by atoms with van der Waals surface area (Å²) in [6, 6.07) is 5.75. The fourth-order valence-electron chi connectivity index (χ4n) is 4.48. The van der Waals surface area contributed by atoms with E-state index in [1.165, 1.54) is 29.5 Å². The molecule has 1 unspecified atom stereocenters. The molecule has 0 bridgehead atoms. The molecule has 1 aromatic carbocycles. The van der Waals surface area contributed by atoms with Crippen molar-refractivity contribution < 1.29 is 30.8 Å². The molecule has 4 rings (SSSR count). The smallest absolute Gasteiger partial charge is 0.302 e. The molecule has 1 amide bonds. The highest BCUT2D eigenvalue weighted by Gasteiger charge is 2.37. The number of amides is 1. The van der Waals surface area contributed by atoms with E-state index in [0.29, 0.717) is 29.5 Å². The maximum Gasteiger partial charge on any atom is 0.433 e. The van der Waals surface area contributed by atoms with Gasteiger partial charge in [-0.25, -0.2) is 22.8 Å². The lowest BCUT2D eigenvalue weighted by atomic mass is 10.0. The van der Waals surface area contributed by atoms with Crippen molar-refractivity contribution in [3.63, 3.8) is 0 Å². The van der Waals surface area contributed by atoms with Gasteiger partial charge in [0.15, 0.2) is 15.0 Å². The Balaban J connectivity index is 1.46. The van der Waals surface area contributed by atoms with Crippen LogP contribution in [0.5, 0.6) is 0 Å². The number of benzene rings is 1. The van der Waals surface area contributed by atoms with Gasteiger partial charge in [-0.3, -0.25) is 9.69 Å². The van der Waals surface area contributed by atoms with Gasteiger partial charge in [-0.15, -0.1) is 11.3 Å². The molecule has 3 heterocycles. The zero-order valence-corrected chi connectivity index (χ0v) is 22.7. The topological polar surface area (TPSA) is 92.3 Å². The van der Waals surface area contributed by atoms with Crippen molar-refractivity contribution in [2.45, 2.75) is 57.4 Å². The lowest BCUT2D eigenvalue weighted by Gasteiger charge is -2.28. The van der Waals surface area contributed by atoms with Crippen molar-refractivity contribution >= 4 is 32.2 Å². The number of anilines is 1. The standard InChI is InChI=1S/C25H26F4N4O3S2/c1-13(2)23-22-19(12-33(23)11-16-6-8-20(25(27,28)29)30-14(16)3)37-24(32-22)31-21(34)9-15-5-7-17(10-18(15)26)38(4,35)36/h5-8,10,13,23H,9,11-12H2,1-4H3,(H,31,32,34). The Morgan fingerprint density at radius 2 is 1.87 bits per heavy atom. The normalized spacial score (nSPS) is 16.2. The Kier molecular flexibility index (Phi) is 7.65. The molecule has 0 spiro atoms. The number of aryl methyl sites for hydroxylation is 1. The average Bonchev–Trinajstić information content (AvgIpc) is 3.31. The van der Waals surface area contributed by atoms with Crippen molar-refractivity contribution in [2.75, 3.05) is 11.6 Å². The van der Waals surface area contributed by atoms with Crippen LogP contribution in [-0.2, 0) is 40.3 Å².